The van der Waals surface area contributed by atoms with Gasteiger partial charge in [-0.15, -0.1) is 0 Å². The Morgan fingerprint density at radius 2 is 2.00 bits per heavy atom. The molecule has 1 heterocycles. The lowest BCUT2D eigenvalue weighted by Gasteiger charge is -2.43. The molecule has 1 saturated carbocycles. The van der Waals surface area contributed by atoms with Crippen molar-refractivity contribution < 1.29 is 9.47 Å². The van der Waals surface area contributed by atoms with Crippen molar-refractivity contribution in [2.45, 2.75) is 57.1 Å². The van der Waals surface area contributed by atoms with Crippen LogP contribution in [0.2, 0.25) is 0 Å². The standard InChI is InChI=1S/C17H28N2O2/c1-4-10-19-16(14-11-15(20-2)13-18-12-14)17(21-3)8-6-5-7-9-17/h11-13,16,19H,4-10H2,1-3H3. The van der Waals surface area contributed by atoms with Crippen molar-refractivity contribution in [2.24, 2.45) is 0 Å². The van der Waals surface area contributed by atoms with Crippen LogP contribution in [0.3, 0.4) is 0 Å². The molecule has 4 nitrogen and oxygen atoms in total. The van der Waals surface area contributed by atoms with Gasteiger partial charge in [0.15, 0.2) is 0 Å². The van der Waals surface area contributed by atoms with Crippen LogP contribution < -0.4 is 10.1 Å². The van der Waals surface area contributed by atoms with E-state index in [9.17, 15) is 0 Å². The van der Waals surface area contributed by atoms with Crippen LogP contribution in [-0.2, 0) is 4.74 Å². The summed E-state index contributed by atoms with van der Waals surface area (Å²) in [6.45, 7) is 3.17. The fourth-order valence-electron chi connectivity index (χ4n) is 3.36. The van der Waals surface area contributed by atoms with Gasteiger partial charge in [0.2, 0.25) is 0 Å². The molecule has 1 aliphatic rings. The molecule has 2 rings (SSSR count). The lowest BCUT2D eigenvalue weighted by atomic mass is 9.77. The fraction of sp³-hybridized carbons (Fsp3) is 0.706. The van der Waals surface area contributed by atoms with E-state index in [-0.39, 0.29) is 11.6 Å². The number of nitrogens with zero attached hydrogens (tertiary/aromatic N) is 1. The predicted molar refractivity (Wildman–Crippen MR) is 84.6 cm³/mol. The molecule has 21 heavy (non-hydrogen) atoms. The second kappa shape index (κ2) is 7.76. The van der Waals surface area contributed by atoms with Crippen molar-refractivity contribution in [3.8, 4) is 5.75 Å². The summed E-state index contributed by atoms with van der Waals surface area (Å²) in [4.78, 5) is 4.32. The Hall–Kier alpha value is -1.13. The van der Waals surface area contributed by atoms with Gasteiger partial charge in [-0.05, 0) is 37.4 Å². The molecule has 118 valence electrons. The molecule has 1 fully saturated rings. The van der Waals surface area contributed by atoms with Crippen molar-refractivity contribution in [1.29, 1.82) is 0 Å². The molecule has 1 atom stereocenters. The second-order valence-corrected chi connectivity index (χ2v) is 5.87. The predicted octanol–water partition coefficient (Wildman–Crippen LogP) is 3.48. The number of pyridine rings is 1. The minimum atomic E-state index is -0.124. The van der Waals surface area contributed by atoms with Gasteiger partial charge in [0, 0.05) is 13.3 Å². The third kappa shape index (κ3) is 3.74. The van der Waals surface area contributed by atoms with E-state index in [1.165, 1.54) is 19.3 Å². The first-order chi connectivity index (χ1) is 10.3. The maximum absolute atomic E-state index is 6.03. The van der Waals surface area contributed by atoms with Crippen LogP contribution in [0.5, 0.6) is 5.75 Å². The van der Waals surface area contributed by atoms with Gasteiger partial charge in [0.1, 0.15) is 5.75 Å². The summed E-state index contributed by atoms with van der Waals surface area (Å²) in [5, 5.41) is 3.68. The van der Waals surface area contributed by atoms with Crippen LogP contribution >= 0.6 is 0 Å². The first kappa shape index (κ1) is 16.2. The Balaban J connectivity index is 2.31. The van der Waals surface area contributed by atoms with Crippen LogP contribution in [0.25, 0.3) is 0 Å². The Labute approximate surface area is 128 Å². The summed E-state index contributed by atoms with van der Waals surface area (Å²) in [5.74, 6) is 0.804. The molecule has 1 unspecified atom stereocenters. The molecular formula is C17H28N2O2. The highest BCUT2D eigenvalue weighted by atomic mass is 16.5. The highest BCUT2D eigenvalue weighted by Gasteiger charge is 2.40. The number of aromatic nitrogens is 1. The Bertz CT molecular complexity index is 431. The van der Waals surface area contributed by atoms with E-state index in [0.717, 1.165) is 37.1 Å². The first-order valence-corrected chi connectivity index (χ1v) is 8.03. The molecule has 1 aliphatic carbocycles. The minimum Gasteiger partial charge on any atom is -0.495 e. The molecule has 1 aromatic heterocycles. The van der Waals surface area contributed by atoms with E-state index in [1.807, 2.05) is 13.3 Å². The number of hydrogen-bond acceptors (Lipinski definition) is 4. The van der Waals surface area contributed by atoms with Crippen LogP contribution in [-0.4, -0.2) is 31.3 Å². The zero-order chi connectivity index (χ0) is 15.1. The summed E-state index contributed by atoms with van der Waals surface area (Å²) < 4.78 is 11.4. The zero-order valence-electron chi connectivity index (χ0n) is 13.5. The molecule has 0 radical (unpaired) electrons. The summed E-state index contributed by atoms with van der Waals surface area (Å²) in [7, 11) is 3.53. The first-order valence-electron chi connectivity index (χ1n) is 8.03. The van der Waals surface area contributed by atoms with Crippen molar-refractivity contribution in [3.05, 3.63) is 24.0 Å². The third-order valence-corrected chi connectivity index (χ3v) is 4.53. The number of methoxy groups -OCH3 is 2. The van der Waals surface area contributed by atoms with E-state index in [2.05, 4.69) is 23.3 Å². The van der Waals surface area contributed by atoms with Gasteiger partial charge >= 0.3 is 0 Å². The van der Waals surface area contributed by atoms with E-state index >= 15 is 0 Å². The van der Waals surface area contributed by atoms with E-state index in [1.54, 1.807) is 13.3 Å². The Morgan fingerprint density at radius 3 is 2.62 bits per heavy atom. The van der Waals surface area contributed by atoms with Crippen LogP contribution in [0.15, 0.2) is 18.5 Å². The lowest BCUT2D eigenvalue weighted by molar-refractivity contribution is -0.0688. The van der Waals surface area contributed by atoms with Crippen molar-refractivity contribution in [2.75, 3.05) is 20.8 Å². The molecule has 0 bridgehead atoms. The molecule has 0 aromatic carbocycles. The van der Waals surface area contributed by atoms with Gasteiger partial charge in [-0.2, -0.15) is 0 Å². The normalized spacial score (nSPS) is 19.2. The Kier molecular flexibility index (Phi) is 6.00. The number of ether oxygens (including phenoxy) is 2. The molecular weight excluding hydrogens is 264 g/mol. The summed E-state index contributed by atoms with van der Waals surface area (Å²) in [6.07, 6.45) is 10.8. The highest BCUT2D eigenvalue weighted by molar-refractivity contribution is 5.28. The number of rotatable bonds is 7. The number of nitrogens with one attached hydrogen (secondary N) is 1. The quantitative estimate of drug-likeness (QED) is 0.835. The van der Waals surface area contributed by atoms with Gasteiger partial charge in [-0.1, -0.05) is 26.2 Å². The average molecular weight is 292 g/mol. The molecule has 4 heteroatoms. The van der Waals surface area contributed by atoms with E-state index in [0.29, 0.717) is 0 Å². The van der Waals surface area contributed by atoms with Gasteiger partial charge in [-0.3, -0.25) is 4.98 Å². The maximum Gasteiger partial charge on any atom is 0.137 e. The van der Waals surface area contributed by atoms with Crippen LogP contribution in [0.1, 0.15) is 57.1 Å². The topological polar surface area (TPSA) is 43.4 Å². The second-order valence-electron chi connectivity index (χ2n) is 5.87. The Morgan fingerprint density at radius 1 is 1.24 bits per heavy atom. The van der Waals surface area contributed by atoms with Crippen molar-refractivity contribution in [1.82, 2.24) is 10.3 Å². The smallest absolute Gasteiger partial charge is 0.137 e. The van der Waals surface area contributed by atoms with Gasteiger partial charge in [0.05, 0.1) is 24.9 Å². The maximum atomic E-state index is 6.03. The molecule has 0 aliphatic heterocycles. The summed E-state index contributed by atoms with van der Waals surface area (Å²) >= 11 is 0. The van der Waals surface area contributed by atoms with Gasteiger partial charge in [-0.25, -0.2) is 0 Å². The monoisotopic (exact) mass is 292 g/mol. The minimum absolute atomic E-state index is 0.124. The SMILES string of the molecule is CCCNC(c1cncc(OC)c1)C1(OC)CCCCC1. The zero-order valence-corrected chi connectivity index (χ0v) is 13.5. The summed E-state index contributed by atoms with van der Waals surface area (Å²) in [6, 6.07) is 2.25. The molecule has 0 amide bonds. The van der Waals surface area contributed by atoms with Gasteiger partial charge < -0.3 is 14.8 Å². The lowest BCUT2D eigenvalue weighted by Crippen LogP contribution is -2.47. The summed E-state index contributed by atoms with van der Waals surface area (Å²) in [5.41, 5.74) is 1.04. The largest absolute Gasteiger partial charge is 0.495 e. The molecule has 0 saturated heterocycles. The van der Waals surface area contributed by atoms with Gasteiger partial charge in [0.25, 0.3) is 0 Å². The highest BCUT2D eigenvalue weighted by Crippen LogP contribution is 2.41. The van der Waals surface area contributed by atoms with E-state index < -0.39 is 0 Å². The van der Waals surface area contributed by atoms with E-state index in [4.69, 9.17) is 9.47 Å². The molecule has 0 spiro atoms. The van der Waals surface area contributed by atoms with Crippen molar-refractivity contribution in [3.63, 3.8) is 0 Å². The van der Waals surface area contributed by atoms with Crippen molar-refractivity contribution >= 4 is 0 Å². The van der Waals surface area contributed by atoms with Crippen LogP contribution in [0, 0.1) is 0 Å². The third-order valence-electron chi connectivity index (χ3n) is 4.53. The number of hydrogen-bond donors (Lipinski definition) is 1. The molecule has 1 aromatic rings. The fourth-order valence-corrected chi connectivity index (χ4v) is 3.36. The molecule has 1 N–H and O–H groups in total. The van der Waals surface area contributed by atoms with Crippen LogP contribution in [0.4, 0.5) is 0 Å². The average Bonchev–Trinajstić information content (AvgIpc) is 2.56.